The molecule has 0 radical (unpaired) electrons. The Morgan fingerprint density at radius 2 is 0.641 bits per heavy atom. The van der Waals surface area contributed by atoms with Gasteiger partial charge >= 0.3 is 49.4 Å². The molecule has 0 aliphatic heterocycles. The van der Waals surface area contributed by atoms with Crippen LogP contribution in [-0.2, 0) is 63.6 Å². The fourth-order valence-electron chi connectivity index (χ4n) is 7.97. The molecule has 0 aliphatic rings. The fourth-order valence-corrected chi connectivity index (χ4v) is 9.51. The fraction of sp³-hybridized carbons (Fsp3) is 0.213. The van der Waals surface area contributed by atoms with E-state index in [9.17, 15) is 124 Å². The third-order valence-electron chi connectivity index (χ3n) is 11.5. The molecule has 0 aromatic heterocycles. The lowest BCUT2D eigenvalue weighted by Gasteiger charge is -2.46. The molecular weight excluding hydrogens is 1140 g/mol. The van der Waals surface area contributed by atoms with E-state index in [1.165, 1.54) is 30.5 Å². The van der Waals surface area contributed by atoms with E-state index >= 15 is 0 Å². The van der Waals surface area contributed by atoms with Crippen LogP contribution in [0.2, 0.25) is 0 Å². The van der Waals surface area contributed by atoms with Gasteiger partial charge in [-0.25, -0.2) is 0 Å². The van der Waals surface area contributed by atoms with E-state index in [0.29, 0.717) is 10.5 Å². The summed E-state index contributed by atoms with van der Waals surface area (Å²) in [5.74, 6) is -0.323. The molecule has 0 heterocycles. The van der Waals surface area contributed by atoms with Crippen molar-refractivity contribution in [3.63, 3.8) is 0 Å². The van der Waals surface area contributed by atoms with Gasteiger partial charge in [0.25, 0.3) is 5.69 Å². The molecule has 1 atom stereocenters. The van der Waals surface area contributed by atoms with Crippen LogP contribution in [0.3, 0.4) is 0 Å². The van der Waals surface area contributed by atoms with Crippen LogP contribution in [0.25, 0.3) is 0 Å². The first-order valence-corrected chi connectivity index (χ1v) is 23.0. The second-order valence-corrected chi connectivity index (χ2v) is 19.7. The average Bonchev–Trinajstić information content (AvgIpc) is 3.29. The molecule has 1 unspecified atom stereocenters. The number of nitrogens with zero attached hydrogens (tertiary/aromatic N) is 1. The van der Waals surface area contributed by atoms with E-state index in [-0.39, 0.29) is 17.2 Å². The molecule has 5 nitrogen and oxygen atoms in total. The Morgan fingerprint density at radius 3 is 0.846 bits per heavy atom. The van der Waals surface area contributed by atoms with Gasteiger partial charge in [-0.2, -0.15) is 127 Å². The largest absolute Gasteiger partial charge is 0.416 e. The Morgan fingerprint density at radius 1 is 0.410 bits per heavy atom. The van der Waals surface area contributed by atoms with E-state index in [1.54, 1.807) is 30.3 Å². The molecule has 0 spiro atoms. The topological polar surface area (TPSA) is 77.3 Å². The Labute approximate surface area is 422 Å². The Hall–Kier alpha value is -7.08. The summed E-state index contributed by atoms with van der Waals surface area (Å²) in [5, 5.41) is 10.6. The first-order valence-electron chi connectivity index (χ1n) is 20.8. The molecule has 0 saturated heterocycles. The highest BCUT2D eigenvalue weighted by Crippen LogP contribution is 2.41. The van der Waals surface area contributed by atoms with Gasteiger partial charge in [0.1, 0.15) is 22.3 Å². The van der Waals surface area contributed by atoms with Crippen molar-refractivity contribution in [1.29, 1.82) is 0 Å². The van der Waals surface area contributed by atoms with Gasteiger partial charge in [0.2, 0.25) is 5.78 Å². The Kier molecular flexibility index (Phi) is 16.6. The second kappa shape index (κ2) is 20.9. The number of hydrogen-bond donors (Lipinski definition) is 0. The van der Waals surface area contributed by atoms with Crippen molar-refractivity contribution < 1.29 is 119 Å². The molecule has 0 bridgehead atoms. The highest BCUT2D eigenvalue weighted by Gasteiger charge is 2.47. The van der Waals surface area contributed by atoms with Crippen LogP contribution in [0.5, 0.6) is 0 Å². The van der Waals surface area contributed by atoms with Crippen LogP contribution in [0, 0.1) is 10.1 Å². The molecule has 0 amide bonds. The maximum atomic E-state index is 14.2. The zero-order chi connectivity index (χ0) is 59.4. The summed E-state index contributed by atoms with van der Waals surface area (Å²) < 4.78 is 353. The summed E-state index contributed by atoms with van der Waals surface area (Å²) in [5.41, 5.74) is -29.8. The molecule has 0 fully saturated rings. The minimum Gasteiger partial charge on any atom is -0.289 e. The van der Waals surface area contributed by atoms with Crippen molar-refractivity contribution in [3.8, 4) is 0 Å². The number of hydrogen-bond acceptors (Lipinski definition) is 4. The minimum absolute atomic E-state index is 0.0664. The quantitative estimate of drug-likeness (QED) is 0.0361. The number of carbonyl (C=O) groups is 1. The number of nitro groups is 1. The summed E-state index contributed by atoms with van der Waals surface area (Å²) in [6, 6.07) is 5.31. The summed E-state index contributed by atoms with van der Waals surface area (Å²) in [7, 11) is -2.57. The SMILES string of the molecule is C[S+](=O)(CC(=O)c1ccccc1)c1ccc([N+](=O)[O-])cc1.FC(F)(F)c1cc([B-](c2cc(C(F)(F)F)cc(C(F)(F)F)c2)(c2cc(C(F)(F)F)cc(C(F)(F)F)c2)c2cc(C(F)(F)F)cc(C(F)(F)F)c2)cc(C(F)(F)F)c1. The smallest absolute Gasteiger partial charge is 0.289 e. The van der Waals surface area contributed by atoms with Gasteiger partial charge in [0.05, 0.1) is 49.4 Å². The van der Waals surface area contributed by atoms with Gasteiger partial charge in [0.15, 0.2) is 10.6 Å². The first kappa shape index (κ1) is 61.8. The molecule has 6 rings (SSSR count). The number of nitro benzene ring substituents is 1. The predicted octanol–water partition coefficient (Wildman–Crippen LogP) is 14.2. The van der Waals surface area contributed by atoms with Gasteiger partial charge in [-0.05, 0) is 36.4 Å². The van der Waals surface area contributed by atoms with Gasteiger partial charge in [-0.1, -0.05) is 83.1 Å². The number of Topliss-reactive ketones (excluding diaryl/α,β-unsaturated/α-hetero) is 1. The van der Waals surface area contributed by atoms with Crippen LogP contribution in [0.1, 0.15) is 54.9 Å². The normalized spacial score (nSPS) is 14.1. The number of non-ortho nitro benzene ring substituents is 1. The molecule has 6 aromatic carbocycles. The van der Waals surface area contributed by atoms with E-state index in [4.69, 9.17) is 0 Å². The highest BCUT2D eigenvalue weighted by molar-refractivity contribution is 8.03. The maximum Gasteiger partial charge on any atom is 0.416 e. The summed E-state index contributed by atoms with van der Waals surface area (Å²) >= 11 is 0. The predicted molar refractivity (Wildman–Crippen MR) is 231 cm³/mol. The van der Waals surface area contributed by atoms with Crippen molar-refractivity contribution in [2.75, 3.05) is 12.0 Å². The van der Waals surface area contributed by atoms with Crippen molar-refractivity contribution in [2.24, 2.45) is 0 Å². The lowest BCUT2D eigenvalue weighted by Crippen LogP contribution is -2.75. The molecule has 0 saturated carbocycles. The zero-order valence-electron chi connectivity index (χ0n) is 38.0. The van der Waals surface area contributed by atoms with E-state index in [0.717, 1.165) is 0 Å². The van der Waals surface area contributed by atoms with Crippen LogP contribution in [0.4, 0.5) is 111 Å². The minimum atomic E-state index is -6.13. The Bertz CT molecular complexity index is 2810. The summed E-state index contributed by atoms with van der Waals surface area (Å²) in [6.45, 7) is 0. The van der Waals surface area contributed by atoms with Gasteiger partial charge in [-0.3, -0.25) is 14.9 Å². The van der Waals surface area contributed by atoms with E-state index in [1.807, 2.05) is 0 Å². The molecule has 0 N–H and O–H groups in total. The number of carbonyl (C=O) groups excluding carboxylic acids is 1. The van der Waals surface area contributed by atoms with Crippen LogP contribution in [0.15, 0.2) is 132 Å². The third-order valence-corrected chi connectivity index (χ3v) is 13.6. The summed E-state index contributed by atoms with van der Waals surface area (Å²) in [6.07, 6.45) is -53.3. The molecule has 78 heavy (non-hydrogen) atoms. The third kappa shape index (κ3) is 14.1. The molecule has 0 aliphatic carbocycles. The zero-order valence-corrected chi connectivity index (χ0v) is 38.8. The number of halogens is 24. The number of alkyl halides is 24. The van der Waals surface area contributed by atoms with Crippen LogP contribution < -0.4 is 21.9 Å². The van der Waals surface area contributed by atoms with Crippen LogP contribution >= 0.6 is 0 Å². The molecule has 420 valence electrons. The van der Waals surface area contributed by atoms with Crippen LogP contribution in [-0.4, -0.2) is 28.9 Å². The van der Waals surface area contributed by atoms with Crippen molar-refractivity contribution in [3.05, 3.63) is 188 Å². The molecule has 6 aromatic rings. The number of ketones is 1. The Balaban J connectivity index is 0.000000443. The van der Waals surface area contributed by atoms with Crippen molar-refractivity contribution in [2.45, 2.75) is 54.3 Å². The van der Waals surface area contributed by atoms with E-state index < -0.39 is 210 Å². The summed E-state index contributed by atoms with van der Waals surface area (Å²) in [4.78, 5) is 22.7. The number of benzene rings is 6. The number of rotatable bonds is 9. The molecular formula is C47H26BF24NO4S. The van der Waals surface area contributed by atoms with Gasteiger partial charge < -0.3 is 0 Å². The second-order valence-electron chi connectivity index (χ2n) is 16.9. The monoisotopic (exact) mass is 1170 g/mol. The first-order chi connectivity index (χ1) is 35.2. The average molecular weight is 1170 g/mol. The lowest BCUT2D eigenvalue weighted by molar-refractivity contribution is -0.384. The maximum absolute atomic E-state index is 14.2. The highest BCUT2D eigenvalue weighted by atomic mass is 32.2. The van der Waals surface area contributed by atoms with Crippen molar-refractivity contribution in [1.82, 2.24) is 0 Å². The van der Waals surface area contributed by atoms with Gasteiger partial charge in [0, 0.05) is 17.7 Å². The lowest BCUT2D eigenvalue weighted by atomic mass is 9.12. The standard InChI is InChI=1S/C32H12BF24.C15H14NO4S/c34-25(35,36)13-1-14(26(37,38)39)6-21(5-13)33(22-7-15(27(40,41)42)2-16(8-22)28(43,44)45,23-9-17(29(46,47)48)3-18(10-23)30(49,50)51)24-11-19(31(52,53)54)4-20(12-24)32(55,56)57;1-21(20,11-15(17)12-5-3-2-4-6-12)14-9-7-13(8-10-14)16(18)19/h1-12H;2-10H,11H2,1H3/q-1;+1. The van der Waals surface area contributed by atoms with Crippen molar-refractivity contribution >= 4 is 49.4 Å². The van der Waals surface area contributed by atoms with E-state index in [2.05, 4.69) is 0 Å². The molecule has 31 heteroatoms. The van der Waals surface area contributed by atoms with Gasteiger partial charge in [-0.15, -0.1) is 0 Å².